The maximum Gasteiger partial charge on any atom is 0.192 e. The van der Waals surface area contributed by atoms with Crippen LogP contribution in [0.25, 0.3) is 0 Å². The van der Waals surface area contributed by atoms with Crippen molar-refractivity contribution in [1.29, 1.82) is 0 Å². The van der Waals surface area contributed by atoms with Gasteiger partial charge >= 0.3 is 0 Å². The predicted octanol–water partition coefficient (Wildman–Crippen LogP) is 6.22. The van der Waals surface area contributed by atoms with Crippen LogP contribution in [0.4, 0.5) is 0 Å². The highest BCUT2D eigenvalue weighted by molar-refractivity contribution is 9.09. The molecule has 0 aromatic heterocycles. The number of ether oxygens (including phenoxy) is 1. The minimum Gasteiger partial charge on any atom is -0.489 e. The number of hydrogen-bond donors (Lipinski definition) is 1. The molecular formula is C22H31BrO3Si. The van der Waals surface area contributed by atoms with Crippen LogP contribution in [0.5, 0.6) is 5.75 Å². The lowest BCUT2D eigenvalue weighted by Gasteiger charge is -2.39. The maximum atomic E-state index is 9.83. The molecule has 5 heteroatoms. The zero-order valence-corrected chi connectivity index (χ0v) is 19.5. The molecule has 27 heavy (non-hydrogen) atoms. The Hall–Kier alpha value is -1.14. The van der Waals surface area contributed by atoms with E-state index >= 15 is 0 Å². The monoisotopic (exact) mass is 450 g/mol. The number of rotatable bonds is 8. The predicted molar refractivity (Wildman–Crippen MR) is 118 cm³/mol. The lowest BCUT2D eigenvalue weighted by atomic mass is 10.1. The van der Waals surface area contributed by atoms with Gasteiger partial charge in [0.05, 0.1) is 12.7 Å². The molecule has 0 fully saturated rings. The zero-order valence-electron chi connectivity index (χ0n) is 17.0. The molecule has 0 bridgehead atoms. The van der Waals surface area contributed by atoms with Crippen molar-refractivity contribution in [3.05, 3.63) is 65.2 Å². The van der Waals surface area contributed by atoms with Crippen molar-refractivity contribution in [2.75, 3.05) is 5.33 Å². The minimum atomic E-state index is -1.90. The summed E-state index contributed by atoms with van der Waals surface area (Å²) in [6, 6.07) is 16.0. The van der Waals surface area contributed by atoms with Crippen LogP contribution < -0.4 is 4.74 Å². The first kappa shape index (κ1) is 22.1. The molecule has 3 nitrogen and oxygen atoms in total. The number of alkyl halides is 1. The van der Waals surface area contributed by atoms with Crippen LogP contribution in [0.15, 0.2) is 48.5 Å². The van der Waals surface area contributed by atoms with Crippen molar-refractivity contribution in [3.63, 3.8) is 0 Å². The lowest BCUT2D eigenvalue weighted by Crippen LogP contribution is -2.42. The second-order valence-corrected chi connectivity index (χ2v) is 13.7. The van der Waals surface area contributed by atoms with Crippen LogP contribution in [-0.2, 0) is 17.6 Å². The van der Waals surface area contributed by atoms with Crippen LogP contribution in [0, 0.1) is 0 Å². The lowest BCUT2D eigenvalue weighted by molar-refractivity contribution is 0.207. The summed E-state index contributed by atoms with van der Waals surface area (Å²) in [7, 11) is -1.90. The fourth-order valence-corrected chi connectivity index (χ4v) is 4.55. The molecule has 0 saturated carbocycles. The van der Waals surface area contributed by atoms with Gasteiger partial charge in [-0.1, -0.05) is 73.1 Å². The third kappa shape index (κ3) is 5.91. The third-order valence-electron chi connectivity index (χ3n) is 5.25. The van der Waals surface area contributed by atoms with Gasteiger partial charge in [0, 0.05) is 10.9 Å². The van der Waals surface area contributed by atoms with Crippen LogP contribution >= 0.6 is 15.9 Å². The molecule has 2 rings (SSSR count). The molecule has 0 aliphatic rings. The van der Waals surface area contributed by atoms with Gasteiger partial charge in [0.15, 0.2) is 8.32 Å². The Balaban J connectivity index is 2.17. The molecule has 1 atom stereocenters. The van der Waals surface area contributed by atoms with E-state index in [4.69, 9.17) is 9.16 Å². The molecule has 0 radical (unpaired) electrons. The van der Waals surface area contributed by atoms with E-state index in [-0.39, 0.29) is 17.7 Å². The average Bonchev–Trinajstić information content (AvgIpc) is 2.64. The summed E-state index contributed by atoms with van der Waals surface area (Å²) < 4.78 is 12.5. The molecule has 0 spiro atoms. The normalized spacial score (nSPS) is 13.4. The number of halogens is 1. The van der Waals surface area contributed by atoms with Gasteiger partial charge in [0.25, 0.3) is 0 Å². The maximum absolute atomic E-state index is 9.83. The van der Waals surface area contributed by atoms with Gasteiger partial charge < -0.3 is 14.3 Å². The highest BCUT2D eigenvalue weighted by atomic mass is 79.9. The summed E-state index contributed by atoms with van der Waals surface area (Å²) in [5, 5.41) is 10.7. The zero-order chi connectivity index (χ0) is 20.1. The van der Waals surface area contributed by atoms with Crippen LogP contribution in [-0.4, -0.2) is 18.8 Å². The third-order valence-corrected chi connectivity index (χ3v) is 10.3. The van der Waals surface area contributed by atoms with Gasteiger partial charge in [0.1, 0.15) is 12.4 Å². The molecule has 1 N–H and O–H groups in total. The van der Waals surface area contributed by atoms with Crippen LogP contribution in [0.2, 0.25) is 18.1 Å². The number of aliphatic hydroxyl groups excluding tert-OH is 1. The Labute approximate surface area is 173 Å². The van der Waals surface area contributed by atoms with Crippen molar-refractivity contribution < 1.29 is 14.3 Å². The molecule has 0 amide bonds. The first-order chi connectivity index (χ1) is 12.7. The summed E-state index contributed by atoms with van der Waals surface area (Å²) in [6.45, 7) is 11.7. The number of hydrogen-bond acceptors (Lipinski definition) is 3. The van der Waals surface area contributed by atoms with Gasteiger partial charge in [-0.15, -0.1) is 0 Å². The van der Waals surface area contributed by atoms with E-state index in [0.717, 1.165) is 16.7 Å². The van der Waals surface area contributed by atoms with Gasteiger partial charge in [-0.3, -0.25) is 0 Å². The fourth-order valence-electron chi connectivity index (χ4n) is 2.52. The van der Waals surface area contributed by atoms with Gasteiger partial charge in [-0.2, -0.15) is 0 Å². The number of aliphatic hydroxyl groups is 1. The van der Waals surface area contributed by atoms with Crippen LogP contribution in [0.1, 0.15) is 43.6 Å². The number of benzene rings is 2. The molecule has 2 aromatic carbocycles. The molecule has 0 aliphatic carbocycles. The first-order valence-electron chi connectivity index (χ1n) is 9.32. The van der Waals surface area contributed by atoms with Crippen molar-refractivity contribution in [2.24, 2.45) is 0 Å². The molecule has 2 aromatic rings. The molecule has 1 unspecified atom stereocenters. The Bertz CT molecular complexity index is 726. The minimum absolute atomic E-state index is 0.0423. The quantitative estimate of drug-likeness (QED) is 0.383. The largest absolute Gasteiger partial charge is 0.489 e. The Morgan fingerprint density at radius 1 is 1.07 bits per heavy atom. The summed E-state index contributed by atoms with van der Waals surface area (Å²) >= 11 is 3.60. The van der Waals surface area contributed by atoms with E-state index in [1.165, 1.54) is 0 Å². The van der Waals surface area contributed by atoms with E-state index in [2.05, 4.69) is 49.8 Å². The summed E-state index contributed by atoms with van der Waals surface area (Å²) in [5.41, 5.74) is 2.95. The van der Waals surface area contributed by atoms with Crippen molar-refractivity contribution in [2.45, 2.75) is 58.2 Å². The van der Waals surface area contributed by atoms with E-state index in [9.17, 15) is 5.11 Å². The average molecular weight is 451 g/mol. The molecule has 0 saturated heterocycles. The van der Waals surface area contributed by atoms with Crippen molar-refractivity contribution in [1.82, 2.24) is 0 Å². The molecular weight excluding hydrogens is 420 g/mol. The molecule has 148 valence electrons. The van der Waals surface area contributed by atoms with E-state index in [1.54, 1.807) is 0 Å². The summed E-state index contributed by atoms with van der Waals surface area (Å²) in [6.07, 6.45) is -0.0423. The SMILES string of the molecule is CC(C)(C)[Si](C)(C)OC(CBr)c1ccc(OCc2ccccc2)c(CO)c1. The Morgan fingerprint density at radius 2 is 1.74 bits per heavy atom. The van der Waals surface area contributed by atoms with Crippen LogP contribution in [0.3, 0.4) is 0 Å². The highest BCUT2D eigenvalue weighted by Crippen LogP contribution is 2.40. The summed E-state index contributed by atoms with van der Waals surface area (Å²) in [4.78, 5) is 0. The van der Waals surface area contributed by atoms with Gasteiger partial charge in [0.2, 0.25) is 0 Å². The van der Waals surface area contributed by atoms with E-state index in [0.29, 0.717) is 17.7 Å². The Kier molecular flexibility index (Phi) is 7.69. The smallest absolute Gasteiger partial charge is 0.192 e. The molecule has 0 heterocycles. The topological polar surface area (TPSA) is 38.7 Å². The van der Waals surface area contributed by atoms with Crippen molar-refractivity contribution >= 4 is 24.2 Å². The van der Waals surface area contributed by atoms with Gasteiger partial charge in [-0.05, 0) is 41.4 Å². The highest BCUT2D eigenvalue weighted by Gasteiger charge is 2.39. The van der Waals surface area contributed by atoms with Crippen molar-refractivity contribution in [3.8, 4) is 5.75 Å². The second kappa shape index (κ2) is 9.37. The first-order valence-corrected chi connectivity index (χ1v) is 13.3. The fraction of sp³-hybridized carbons (Fsp3) is 0.455. The standard InChI is InChI=1S/C22H31BrO3Si/c1-22(2,3)27(4,5)26-21(14-23)18-11-12-20(19(13-18)15-24)25-16-17-9-7-6-8-10-17/h6-13,21,24H,14-16H2,1-5H3. The van der Waals surface area contributed by atoms with E-state index in [1.807, 2.05) is 48.5 Å². The second-order valence-electron chi connectivity index (χ2n) is 8.32. The summed E-state index contributed by atoms with van der Waals surface area (Å²) in [5.74, 6) is 0.714. The Morgan fingerprint density at radius 3 is 2.30 bits per heavy atom. The molecule has 0 aliphatic heterocycles. The van der Waals surface area contributed by atoms with E-state index < -0.39 is 8.32 Å². The van der Waals surface area contributed by atoms with Gasteiger partial charge in [-0.25, -0.2) is 0 Å².